The minimum atomic E-state index is -3.56. The van der Waals surface area contributed by atoms with Gasteiger partial charge >= 0.3 is 0 Å². The van der Waals surface area contributed by atoms with E-state index in [2.05, 4.69) is 10.3 Å². The maximum Gasteiger partial charge on any atom is 0.239 e. The first-order valence-electron chi connectivity index (χ1n) is 7.95. The molecule has 138 valence electrons. The summed E-state index contributed by atoms with van der Waals surface area (Å²) in [6.45, 7) is 0.723. The van der Waals surface area contributed by atoms with Gasteiger partial charge in [-0.3, -0.25) is 9.78 Å². The van der Waals surface area contributed by atoms with E-state index in [4.69, 9.17) is 9.47 Å². The summed E-state index contributed by atoms with van der Waals surface area (Å²) in [5.74, 6) is 0.719. The summed E-state index contributed by atoms with van der Waals surface area (Å²) < 4.78 is 36.0. The van der Waals surface area contributed by atoms with E-state index in [-0.39, 0.29) is 13.1 Å². The monoisotopic (exact) mass is 377 g/mol. The lowest BCUT2D eigenvalue weighted by atomic mass is 10.2. The third kappa shape index (κ3) is 4.70. The van der Waals surface area contributed by atoms with Gasteiger partial charge in [0.25, 0.3) is 0 Å². The highest BCUT2D eigenvalue weighted by Crippen LogP contribution is 2.32. The maximum absolute atomic E-state index is 12.3. The largest absolute Gasteiger partial charge is 0.486 e. The summed E-state index contributed by atoms with van der Waals surface area (Å²) in [7, 11) is -3.56. The Morgan fingerprint density at radius 2 is 1.85 bits per heavy atom. The molecule has 1 aromatic carbocycles. The van der Waals surface area contributed by atoms with Crippen molar-refractivity contribution in [2.45, 2.75) is 6.54 Å². The predicted molar refractivity (Wildman–Crippen MR) is 95.6 cm³/mol. The number of nitrogens with one attached hydrogen (secondary N) is 1. The Kier molecular flexibility index (Phi) is 5.38. The molecule has 1 N–H and O–H groups in total. The minimum Gasteiger partial charge on any atom is -0.486 e. The summed E-state index contributed by atoms with van der Waals surface area (Å²) >= 11 is 0. The van der Waals surface area contributed by atoms with Crippen LogP contribution in [0.25, 0.3) is 0 Å². The fourth-order valence-corrected chi connectivity index (χ4v) is 3.20. The first-order chi connectivity index (χ1) is 12.4. The standard InChI is InChI=1S/C17H19N3O5S/c1-26(22,23)20(11-13-4-6-18-7-5-13)12-17(21)19-14-2-3-15-16(10-14)25-9-8-24-15/h2-7,10H,8-9,11-12H2,1H3,(H,19,21). The van der Waals surface area contributed by atoms with Crippen molar-refractivity contribution in [2.75, 3.05) is 31.3 Å². The molecule has 2 aromatic rings. The van der Waals surface area contributed by atoms with Crippen LogP contribution in [0.1, 0.15) is 5.56 Å². The second kappa shape index (κ2) is 7.71. The van der Waals surface area contributed by atoms with Crippen LogP contribution in [0, 0.1) is 0 Å². The molecule has 0 fully saturated rings. The number of benzene rings is 1. The fourth-order valence-electron chi connectivity index (χ4n) is 2.46. The van der Waals surface area contributed by atoms with Crippen LogP contribution < -0.4 is 14.8 Å². The van der Waals surface area contributed by atoms with Gasteiger partial charge in [-0.05, 0) is 29.8 Å². The molecule has 3 rings (SSSR count). The number of ether oxygens (including phenoxy) is 2. The molecule has 8 nitrogen and oxygen atoms in total. The van der Waals surface area contributed by atoms with Crippen LogP contribution in [-0.2, 0) is 21.4 Å². The zero-order valence-corrected chi connectivity index (χ0v) is 15.0. The van der Waals surface area contributed by atoms with E-state index >= 15 is 0 Å². The maximum atomic E-state index is 12.3. The number of anilines is 1. The number of carbonyl (C=O) groups excluding carboxylic acids is 1. The van der Waals surface area contributed by atoms with Crippen molar-refractivity contribution in [2.24, 2.45) is 0 Å². The molecule has 0 spiro atoms. The Bertz CT molecular complexity index is 887. The van der Waals surface area contributed by atoms with E-state index in [9.17, 15) is 13.2 Å². The highest BCUT2D eigenvalue weighted by atomic mass is 32.2. The van der Waals surface area contributed by atoms with Gasteiger partial charge in [-0.15, -0.1) is 0 Å². The third-order valence-corrected chi connectivity index (χ3v) is 4.92. The van der Waals surface area contributed by atoms with E-state index in [1.165, 1.54) is 0 Å². The molecule has 0 saturated carbocycles. The molecule has 1 aliphatic heterocycles. The molecule has 1 aliphatic rings. The van der Waals surface area contributed by atoms with Crippen molar-refractivity contribution < 1.29 is 22.7 Å². The van der Waals surface area contributed by atoms with Gasteiger partial charge in [-0.25, -0.2) is 8.42 Å². The van der Waals surface area contributed by atoms with Gasteiger partial charge < -0.3 is 14.8 Å². The molecule has 0 aliphatic carbocycles. The van der Waals surface area contributed by atoms with Crippen LogP contribution in [0.3, 0.4) is 0 Å². The second-order valence-electron chi connectivity index (χ2n) is 5.79. The average Bonchev–Trinajstić information content (AvgIpc) is 2.61. The summed E-state index contributed by atoms with van der Waals surface area (Å²) in [6.07, 6.45) is 4.22. The fraction of sp³-hybridized carbons (Fsp3) is 0.294. The number of nitrogens with zero attached hydrogens (tertiary/aromatic N) is 2. The van der Waals surface area contributed by atoms with Crippen molar-refractivity contribution in [3.8, 4) is 11.5 Å². The van der Waals surface area contributed by atoms with Crippen LogP contribution in [-0.4, -0.2) is 49.6 Å². The first kappa shape index (κ1) is 18.2. The molecule has 26 heavy (non-hydrogen) atoms. The van der Waals surface area contributed by atoms with Crippen LogP contribution in [0.2, 0.25) is 0 Å². The van der Waals surface area contributed by atoms with Crippen molar-refractivity contribution in [3.05, 3.63) is 48.3 Å². The van der Waals surface area contributed by atoms with Gasteiger partial charge in [0.15, 0.2) is 11.5 Å². The van der Waals surface area contributed by atoms with Gasteiger partial charge in [0, 0.05) is 30.7 Å². The minimum absolute atomic E-state index is 0.0932. The molecule has 1 aromatic heterocycles. The molecule has 0 bridgehead atoms. The number of carbonyl (C=O) groups is 1. The molecule has 9 heteroatoms. The number of hydrogen-bond acceptors (Lipinski definition) is 6. The Morgan fingerprint density at radius 1 is 1.15 bits per heavy atom. The van der Waals surface area contributed by atoms with Crippen LogP contribution in [0.4, 0.5) is 5.69 Å². The molecule has 1 amide bonds. The number of rotatable bonds is 6. The molecule has 0 saturated heterocycles. The van der Waals surface area contributed by atoms with Gasteiger partial charge in [-0.1, -0.05) is 0 Å². The van der Waals surface area contributed by atoms with Crippen molar-refractivity contribution in [3.63, 3.8) is 0 Å². The van der Waals surface area contributed by atoms with Gasteiger partial charge in [0.2, 0.25) is 15.9 Å². The van der Waals surface area contributed by atoms with Crippen LogP contribution in [0.5, 0.6) is 11.5 Å². The third-order valence-electron chi connectivity index (χ3n) is 3.72. The molecule has 0 unspecified atom stereocenters. The number of fused-ring (bicyclic) bond motifs is 1. The lowest BCUT2D eigenvalue weighted by Crippen LogP contribution is -2.36. The first-order valence-corrected chi connectivity index (χ1v) is 9.80. The normalized spacial score (nSPS) is 13.5. The molecule has 2 heterocycles. The number of hydrogen-bond donors (Lipinski definition) is 1. The average molecular weight is 377 g/mol. The smallest absolute Gasteiger partial charge is 0.239 e. The SMILES string of the molecule is CS(=O)(=O)N(CC(=O)Nc1ccc2c(c1)OCCO2)Cc1ccncc1. The second-order valence-corrected chi connectivity index (χ2v) is 7.78. The summed E-state index contributed by atoms with van der Waals surface area (Å²) in [5, 5.41) is 2.69. The van der Waals surface area contributed by atoms with E-state index in [0.717, 1.165) is 16.1 Å². The Hall–Kier alpha value is -2.65. The van der Waals surface area contributed by atoms with Gasteiger partial charge in [0.1, 0.15) is 13.2 Å². The van der Waals surface area contributed by atoms with Gasteiger partial charge in [-0.2, -0.15) is 4.31 Å². The molecule has 0 radical (unpaired) electrons. The lowest BCUT2D eigenvalue weighted by Gasteiger charge is -2.21. The lowest BCUT2D eigenvalue weighted by molar-refractivity contribution is -0.116. The van der Waals surface area contributed by atoms with Crippen LogP contribution in [0.15, 0.2) is 42.7 Å². The summed E-state index contributed by atoms with van der Waals surface area (Å²) in [6, 6.07) is 8.45. The number of amides is 1. The Labute approximate surface area is 151 Å². The van der Waals surface area contributed by atoms with Gasteiger partial charge in [0.05, 0.1) is 12.8 Å². The van der Waals surface area contributed by atoms with Crippen molar-refractivity contribution in [1.82, 2.24) is 9.29 Å². The molecule has 0 atom stereocenters. The number of sulfonamides is 1. The van der Waals surface area contributed by atoms with E-state index < -0.39 is 15.9 Å². The number of aromatic nitrogens is 1. The highest BCUT2D eigenvalue weighted by Gasteiger charge is 2.21. The quantitative estimate of drug-likeness (QED) is 0.814. The topological polar surface area (TPSA) is 97.8 Å². The van der Waals surface area contributed by atoms with Crippen molar-refractivity contribution >= 4 is 21.6 Å². The molecular weight excluding hydrogens is 358 g/mol. The number of pyridine rings is 1. The Balaban J connectivity index is 1.68. The van der Waals surface area contributed by atoms with E-state index in [1.807, 2.05) is 0 Å². The molecular formula is C17H19N3O5S. The summed E-state index contributed by atoms with van der Waals surface area (Å²) in [5.41, 5.74) is 1.26. The van der Waals surface area contributed by atoms with Crippen LogP contribution >= 0.6 is 0 Å². The van der Waals surface area contributed by atoms with E-state index in [1.54, 1.807) is 42.7 Å². The summed E-state index contributed by atoms with van der Waals surface area (Å²) in [4.78, 5) is 16.2. The predicted octanol–water partition coefficient (Wildman–Crippen LogP) is 1.25. The highest BCUT2D eigenvalue weighted by molar-refractivity contribution is 7.88. The Morgan fingerprint density at radius 3 is 2.54 bits per heavy atom. The van der Waals surface area contributed by atoms with E-state index in [0.29, 0.717) is 30.4 Å². The zero-order valence-electron chi connectivity index (χ0n) is 14.2. The zero-order chi connectivity index (χ0) is 18.6. The van der Waals surface area contributed by atoms with Crippen molar-refractivity contribution in [1.29, 1.82) is 0 Å².